The van der Waals surface area contributed by atoms with Gasteiger partial charge in [-0.15, -0.1) is 12.4 Å². The van der Waals surface area contributed by atoms with Gasteiger partial charge in [0.25, 0.3) is 0 Å². The van der Waals surface area contributed by atoms with Gasteiger partial charge in [0.2, 0.25) is 5.91 Å². The molecule has 1 aromatic carbocycles. The fourth-order valence-corrected chi connectivity index (χ4v) is 3.62. The summed E-state index contributed by atoms with van der Waals surface area (Å²) in [5.74, 6) is 1.68. The molecule has 2 saturated heterocycles. The first-order valence-corrected chi connectivity index (χ1v) is 8.87. The molecule has 2 bridgehead atoms. The van der Waals surface area contributed by atoms with Crippen molar-refractivity contribution in [2.24, 2.45) is 5.92 Å². The predicted octanol–water partition coefficient (Wildman–Crippen LogP) is 3.04. The van der Waals surface area contributed by atoms with Gasteiger partial charge < -0.3 is 15.0 Å². The van der Waals surface area contributed by atoms with Gasteiger partial charge in [-0.05, 0) is 49.4 Å². The zero-order valence-electron chi connectivity index (χ0n) is 14.7. The SMILES string of the molecule is CC(C)COc1ccc(CC(=O)N2C3CCNCC2CC3)cc1.Cl. The normalized spacial score (nSPS) is 22.9. The maximum Gasteiger partial charge on any atom is 0.227 e. The maximum absolute atomic E-state index is 12.7. The van der Waals surface area contributed by atoms with Crippen LogP contribution in [-0.2, 0) is 11.2 Å². The Morgan fingerprint density at radius 3 is 2.62 bits per heavy atom. The Morgan fingerprint density at radius 1 is 1.21 bits per heavy atom. The van der Waals surface area contributed by atoms with Crippen LogP contribution in [0.3, 0.4) is 0 Å². The summed E-state index contributed by atoms with van der Waals surface area (Å²) in [5.41, 5.74) is 1.07. The van der Waals surface area contributed by atoms with Crippen LogP contribution in [0.5, 0.6) is 5.75 Å². The number of ether oxygens (including phenoxy) is 1. The number of nitrogens with zero attached hydrogens (tertiary/aromatic N) is 1. The molecule has 5 heteroatoms. The van der Waals surface area contributed by atoms with Crippen LogP contribution in [0, 0.1) is 5.92 Å². The summed E-state index contributed by atoms with van der Waals surface area (Å²) in [5, 5.41) is 3.45. The van der Waals surface area contributed by atoms with E-state index in [1.165, 1.54) is 6.42 Å². The van der Waals surface area contributed by atoms with Crippen molar-refractivity contribution in [1.29, 1.82) is 0 Å². The van der Waals surface area contributed by atoms with Gasteiger partial charge in [0.15, 0.2) is 0 Å². The molecule has 2 aliphatic rings. The van der Waals surface area contributed by atoms with Gasteiger partial charge >= 0.3 is 0 Å². The Bertz CT molecular complexity index is 519. The van der Waals surface area contributed by atoms with Gasteiger partial charge in [-0.25, -0.2) is 0 Å². The van der Waals surface area contributed by atoms with E-state index in [2.05, 4.69) is 24.1 Å². The molecule has 1 aromatic rings. The lowest BCUT2D eigenvalue weighted by atomic mass is 10.1. The number of amides is 1. The van der Waals surface area contributed by atoms with Gasteiger partial charge in [0.05, 0.1) is 13.0 Å². The lowest BCUT2D eigenvalue weighted by Gasteiger charge is -2.28. The Morgan fingerprint density at radius 2 is 1.92 bits per heavy atom. The number of benzene rings is 1. The van der Waals surface area contributed by atoms with Crippen molar-refractivity contribution in [3.8, 4) is 5.75 Å². The Balaban J connectivity index is 0.00000208. The first kappa shape index (κ1) is 19.1. The molecule has 0 aliphatic carbocycles. The molecule has 0 spiro atoms. The average Bonchev–Trinajstić information content (AvgIpc) is 2.79. The molecule has 3 rings (SSSR count). The highest BCUT2D eigenvalue weighted by molar-refractivity contribution is 5.85. The highest BCUT2D eigenvalue weighted by atomic mass is 35.5. The lowest BCUT2D eigenvalue weighted by molar-refractivity contribution is -0.133. The molecule has 4 nitrogen and oxygen atoms in total. The first-order chi connectivity index (χ1) is 11.1. The fourth-order valence-electron chi connectivity index (χ4n) is 3.62. The lowest BCUT2D eigenvalue weighted by Crippen LogP contribution is -2.43. The Hall–Kier alpha value is -1.26. The number of hydrogen-bond donors (Lipinski definition) is 1. The predicted molar refractivity (Wildman–Crippen MR) is 98.9 cm³/mol. The molecule has 2 aliphatic heterocycles. The Kier molecular flexibility index (Phi) is 6.93. The molecule has 134 valence electrons. The average molecular weight is 353 g/mol. The molecule has 2 heterocycles. The highest BCUT2D eigenvalue weighted by Gasteiger charge is 2.37. The second kappa shape index (κ2) is 8.72. The molecule has 2 atom stereocenters. The van der Waals surface area contributed by atoms with E-state index in [0.717, 1.165) is 43.9 Å². The van der Waals surface area contributed by atoms with Gasteiger partial charge in [-0.3, -0.25) is 4.79 Å². The van der Waals surface area contributed by atoms with E-state index in [0.29, 0.717) is 24.4 Å². The first-order valence-electron chi connectivity index (χ1n) is 8.87. The molecule has 1 N–H and O–H groups in total. The van der Waals surface area contributed by atoms with Crippen molar-refractivity contribution < 1.29 is 9.53 Å². The van der Waals surface area contributed by atoms with Crippen LogP contribution in [0.1, 0.15) is 38.7 Å². The van der Waals surface area contributed by atoms with Crippen LogP contribution in [0.15, 0.2) is 24.3 Å². The molecule has 2 unspecified atom stereocenters. The van der Waals surface area contributed by atoms with Crippen LogP contribution in [0.25, 0.3) is 0 Å². The molecule has 24 heavy (non-hydrogen) atoms. The van der Waals surface area contributed by atoms with Crippen molar-refractivity contribution in [3.05, 3.63) is 29.8 Å². The van der Waals surface area contributed by atoms with E-state index in [1.807, 2.05) is 24.3 Å². The summed E-state index contributed by atoms with van der Waals surface area (Å²) in [4.78, 5) is 14.9. The minimum Gasteiger partial charge on any atom is -0.493 e. The highest BCUT2D eigenvalue weighted by Crippen LogP contribution is 2.28. The molecular weight excluding hydrogens is 324 g/mol. The number of hydrogen-bond acceptors (Lipinski definition) is 3. The summed E-state index contributed by atoms with van der Waals surface area (Å²) < 4.78 is 5.70. The minimum atomic E-state index is 0. The van der Waals surface area contributed by atoms with E-state index in [4.69, 9.17) is 4.74 Å². The topological polar surface area (TPSA) is 41.6 Å². The fraction of sp³-hybridized carbons (Fsp3) is 0.632. The molecule has 1 amide bonds. The summed E-state index contributed by atoms with van der Waals surface area (Å²) in [6.07, 6.45) is 3.90. The van der Waals surface area contributed by atoms with Crippen molar-refractivity contribution in [3.63, 3.8) is 0 Å². The summed E-state index contributed by atoms with van der Waals surface area (Å²) in [6.45, 7) is 6.98. The van der Waals surface area contributed by atoms with Crippen molar-refractivity contribution >= 4 is 18.3 Å². The quantitative estimate of drug-likeness (QED) is 0.885. The smallest absolute Gasteiger partial charge is 0.227 e. The summed E-state index contributed by atoms with van der Waals surface area (Å²) in [7, 11) is 0. The summed E-state index contributed by atoms with van der Waals surface area (Å²) >= 11 is 0. The second-order valence-corrected chi connectivity index (χ2v) is 7.20. The number of fused-ring (bicyclic) bond motifs is 2. The third kappa shape index (κ3) is 4.64. The van der Waals surface area contributed by atoms with Crippen molar-refractivity contribution in [1.82, 2.24) is 10.2 Å². The third-order valence-electron chi connectivity index (χ3n) is 4.80. The number of halogens is 1. The number of rotatable bonds is 5. The van der Waals surface area contributed by atoms with E-state index in [-0.39, 0.29) is 18.3 Å². The zero-order chi connectivity index (χ0) is 16.2. The maximum atomic E-state index is 12.7. The van der Waals surface area contributed by atoms with E-state index < -0.39 is 0 Å². The molecule has 0 radical (unpaired) electrons. The van der Waals surface area contributed by atoms with Crippen molar-refractivity contribution in [2.75, 3.05) is 19.7 Å². The molecule has 0 saturated carbocycles. The van der Waals surface area contributed by atoms with Crippen LogP contribution < -0.4 is 10.1 Å². The molecular formula is C19H29ClN2O2. The van der Waals surface area contributed by atoms with Crippen LogP contribution in [0.4, 0.5) is 0 Å². The Labute approximate surface area is 151 Å². The van der Waals surface area contributed by atoms with Gasteiger partial charge in [0.1, 0.15) is 5.75 Å². The number of carbonyl (C=O) groups is 1. The third-order valence-corrected chi connectivity index (χ3v) is 4.80. The van der Waals surface area contributed by atoms with Crippen molar-refractivity contribution in [2.45, 2.75) is 51.6 Å². The van der Waals surface area contributed by atoms with Crippen LogP contribution >= 0.6 is 12.4 Å². The van der Waals surface area contributed by atoms with Gasteiger partial charge in [-0.1, -0.05) is 26.0 Å². The monoisotopic (exact) mass is 352 g/mol. The van der Waals surface area contributed by atoms with Crippen LogP contribution in [-0.4, -0.2) is 42.6 Å². The van der Waals surface area contributed by atoms with Gasteiger partial charge in [-0.2, -0.15) is 0 Å². The zero-order valence-corrected chi connectivity index (χ0v) is 15.5. The van der Waals surface area contributed by atoms with Gasteiger partial charge in [0, 0.05) is 18.6 Å². The van der Waals surface area contributed by atoms with E-state index in [9.17, 15) is 4.79 Å². The molecule has 0 aromatic heterocycles. The standard InChI is InChI=1S/C19H28N2O2.ClH/c1-14(2)13-23-18-7-3-15(4-8-18)11-19(22)21-16-5-6-17(21)12-20-10-9-16;/h3-4,7-8,14,16-17,20H,5-6,9-13H2,1-2H3;1H. The minimum absolute atomic E-state index is 0. The van der Waals surface area contributed by atoms with E-state index >= 15 is 0 Å². The number of carbonyl (C=O) groups excluding carboxylic acids is 1. The van der Waals surface area contributed by atoms with Crippen LogP contribution in [0.2, 0.25) is 0 Å². The second-order valence-electron chi connectivity index (χ2n) is 7.20. The van der Waals surface area contributed by atoms with E-state index in [1.54, 1.807) is 0 Å². The summed E-state index contributed by atoms with van der Waals surface area (Å²) in [6, 6.07) is 8.82. The molecule has 2 fully saturated rings. The number of nitrogens with one attached hydrogen (secondary N) is 1. The largest absolute Gasteiger partial charge is 0.493 e.